The first kappa shape index (κ1) is 24.5. The topological polar surface area (TPSA) is 88.3 Å². The Balaban J connectivity index is 1.17. The molecule has 4 aromatic rings. The second-order valence-corrected chi connectivity index (χ2v) is 12.9. The van der Waals surface area contributed by atoms with Crippen molar-refractivity contribution in [3.8, 4) is 10.6 Å². The van der Waals surface area contributed by atoms with Crippen molar-refractivity contribution in [1.29, 1.82) is 0 Å². The van der Waals surface area contributed by atoms with Gasteiger partial charge in [-0.15, -0.1) is 11.3 Å². The van der Waals surface area contributed by atoms with Gasteiger partial charge in [0.1, 0.15) is 10.7 Å². The maximum Gasteiger partial charge on any atom is 0.309 e. The highest BCUT2D eigenvalue weighted by molar-refractivity contribution is 7.15. The summed E-state index contributed by atoms with van der Waals surface area (Å²) in [7, 11) is 0. The summed E-state index contributed by atoms with van der Waals surface area (Å²) in [5.74, 6) is -0.517. The number of fused-ring (bicyclic) bond motifs is 5. The molecule has 39 heavy (non-hydrogen) atoms. The molecule has 2 fully saturated rings. The number of nitrogens with zero attached hydrogens (tertiary/aromatic N) is 4. The number of thiazole rings is 1. The Hall–Kier alpha value is -3.52. The van der Waals surface area contributed by atoms with Gasteiger partial charge in [-0.2, -0.15) is 0 Å². The number of carbonyl (C=O) groups is 2. The first-order valence-corrected chi connectivity index (χ1v) is 14.7. The van der Waals surface area contributed by atoms with Crippen molar-refractivity contribution in [2.75, 3.05) is 6.54 Å². The largest absolute Gasteiger partial charge is 0.481 e. The summed E-state index contributed by atoms with van der Waals surface area (Å²) < 4.78 is 2.29. The van der Waals surface area contributed by atoms with E-state index in [0.717, 1.165) is 46.9 Å². The lowest BCUT2D eigenvalue weighted by Gasteiger charge is -2.33. The zero-order valence-corrected chi connectivity index (χ0v) is 23.0. The molecule has 0 unspecified atom stereocenters. The van der Waals surface area contributed by atoms with Crippen molar-refractivity contribution < 1.29 is 14.7 Å². The van der Waals surface area contributed by atoms with Gasteiger partial charge in [-0.05, 0) is 68.6 Å². The number of carbonyl (C=O) groups excluding carboxylic acids is 1. The highest BCUT2D eigenvalue weighted by atomic mass is 32.1. The molecular formula is C31H32N4O3S. The van der Waals surface area contributed by atoms with Crippen LogP contribution in [0.25, 0.3) is 21.6 Å². The molecule has 4 heterocycles. The van der Waals surface area contributed by atoms with E-state index in [1.165, 1.54) is 15.8 Å². The molecule has 7 nitrogen and oxygen atoms in total. The number of amides is 1. The maximum absolute atomic E-state index is 13.7. The minimum absolute atomic E-state index is 0.141. The van der Waals surface area contributed by atoms with Crippen molar-refractivity contribution in [3.63, 3.8) is 0 Å². The molecule has 0 spiro atoms. The molecule has 1 aliphatic heterocycles. The van der Waals surface area contributed by atoms with Crippen LogP contribution in [0.15, 0.2) is 48.7 Å². The van der Waals surface area contributed by atoms with Crippen LogP contribution < -0.4 is 0 Å². The Labute approximate surface area is 231 Å². The normalized spacial score (nSPS) is 23.9. The quantitative estimate of drug-likeness (QED) is 0.333. The highest BCUT2D eigenvalue weighted by Gasteiger charge is 2.58. The van der Waals surface area contributed by atoms with Crippen LogP contribution >= 0.6 is 11.3 Å². The minimum Gasteiger partial charge on any atom is -0.481 e. The van der Waals surface area contributed by atoms with Crippen LogP contribution in [-0.4, -0.2) is 43.0 Å². The summed E-state index contributed by atoms with van der Waals surface area (Å²) in [5.41, 5.74) is 4.82. The average Bonchev–Trinajstić information content (AvgIpc) is 3.70. The number of aryl methyl sites for hydroxylation is 1. The molecule has 0 saturated heterocycles. The number of hydrogen-bond acceptors (Lipinski definition) is 5. The van der Waals surface area contributed by atoms with Crippen LogP contribution in [-0.2, 0) is 29.1 Å². The van der Waals surface area contributed by atoms with Crippen LogP contribution in [0.3, 0.4) is 0 Å². The fourth-order valence-electron chi connectivity index (χ4n) is 7.36. The Morgan fingerprint density at radius 2 is 1.87 bits per heavy atom. The second-order valence-electron chi connectivity index (χ2n) is 11.8. The number of carboxylic acids is 1. The summed E-state index contributed by atoms with van der Waals surface area (Å²) in [5, 5.41) is 12.0. The molecule has 8 heteroatoms. The molecule has 1 amide bonds. The number of hydrogen-bond donors (Lipinski definition) is 1. The zero-order chi connectivity index (χ0) is 26.8. The van der Waals surface area contributed by atoms with E-state index >= 15 is 0 Å². The fourth-order valence-corrected chi connectivity index (χ4v) is 8.41. The van der Waals surface area contributed by atoms with Crippen molar-refractivity contribution in [3.05, 3.63) is 70.5 Å². The van der Waals surface area contributed by atoms with Crippen LogP contribution in [0.1, 0.15) is 60.4 Å². The molecule has 0 radical (unpaired) electrons. The SMILES string of the molecule is Cc1nc(-c2ccccc2)sc1Cn1c2c(c3cccnc31)CCN(C(=O)CC13CCC(C(=O)O)(CC1)C3)C2. The number of aromatic nitrogens is 3. The van der Waals surface area contributed by atoms with Crippen molar-refractivity contribution >= 4 is 34.2 Å². The molecule has 1 N–H and O–H groups in total. The Morgan fingerprint density at radius 1 is 1.08 bits per heavy atom. The molecule has 1 aromatic carbocycles. The van der Waals surface area contributed by atoms with Gasteiger partial charge in [0, 0.05) is 40.7 Å². The van der Waals surface area contributed by atoms with Gasteiger partial charge in [0.05, 0.1) is 24.2 Å². The molecular weight excluding hydrogens is 508 g/mol. The molecule has 7 rings (SSSR count). The second kappa shape index (κ2) is 9.01. The van der Waals surface area contributed by atoms with Gasteiger partial charge in [0.15, 0.2) is 0 Å². The predicted molar refractivity (Wildman–Crippen MR) is 150 cm³/mol. The average molecular weight is 541 g/mol. The highest BCUT2D eigenvalue weighted by Crippen LogP contribution is 2.63. The summed E-state index contributed by atoms with van der Waals surface area (Å²) in [6, 6.07) is 14.4. The summed E-state index contributed by atoms with van der Waals surface area (Å²) >= 11 is 1.72. The molecule has 2 aliphatic carbocycles. The van der Waals surface area contributed by atoms with E-state index in [2.05, 4.69) is 29.7 Å². The van der Waals surface area contributed by atoms with Gasteiger partial charge in [0.2, 0.25) is 5.91 Å². The number of aliphatic carboxylic acids is 1. The fraction of sp³-hybridized carbons (Fsp3) is 0.419. The zero-order valence-electron chi connectivity index (χ0n) is 22.2. The van der Waals surface area contributed by atoms with Gasteiger partial charge in [-0.3, -0.25) is 9.59 Å². The molecule has 2 saturated carbocycles. The third-order valence-corrected chi connectivity index (χ3v) is 10.7. The minimum atomic E-state index is -0.678. The Morgan fingerprint density at radius 3 is 2.62 bits per heavy atom. The lowest BCUT2D eigenvalue weighted by molar-refractivity contribution is -0.148. The third kappa shape index (κ3) is 3.99. The van der Waals surface area contributed by atoms with Gasteiger partial charge >= 0.3 is 5.97 Å². The van der Waals surface area contributed by atoms with Crippen LogP contribution in [0.4, 0.5) is 0 Å². The first-order valence-electron chi connectivity index (χ1n) is 13.8. The lowest BCUT2D eigenvalue weighted by atomic mass is 9.80. The standard InChI is InChI=1S/C31H32N4O3S/c1-20-25(39-28(33-20)21-6-3-2-4-7-21)18-35-24-17-34(15-9-22(24)23-8-5-14-32-27(23)35)26(36)16-30-10-12-31(19-30,13-11-30)29(37)38/h2-8,14H,9-13,15-19H2,1H3,(H,37,38). The van der Waals surface area contributed by atoms with Gasteiger partial charge in [0.25, 0.3) is 0 Å². The third-order valence-electron chi connectivity index (χ3n) is 9.54. The van der Waals surface area contributed by atoms with E-state index in [1.807, 2.05) is 35.4 Å². The first-order chi connectivity index (χ1) is 18.9. The summed E-state index contributed by atoms with van der Waals surface area (Å²) in [4.78, 5) is 38.4. The number of benzene rings is 1. The van der Waals surface area contributed by atoms with Gasteiger partial charge < -0.3 is 14.6 Å². The van der Waals surface area contributed by atoms with E-state index < -0.39 is 11.4 Å². The van der Waals surface area contributed by atoms with Crippen molar-refractivity contribution in [2.45, 2.75) is 65.0 Å². The molecule has 3 aromatic heterocycles. The smallest absolute Gasteiger partial charge is 0.309 e. The maximum atomic E-state index is 13.7. The summed E-state index contributed by atoms with van der Waals surface area (Å²) in [6.07, 6.45) is 6.88. The van der Waals surface area contributed by atoms with E-state index in [-0.39, 0.29) is 11.3 Å². The number of rotatable bonds is 6. The number of carboxylic acid groups (broad SMARTS) is 1. The van der Waals surface area contributed by atoms with Crippen LogP contribution in [0, 0.1) is 17.8 Å². The monoisotopic (exact) mass is 540 g/mol. The predicted octanol–water partition coefficient (Wildman–Crippen LogP) is 5.83. The molecule has 2 bridgehead atoms. The van der Waals surface area contributed by atoms with Gasteiger partial charge in [-0.1, -0.05) is 30.3 Å². The number of pyridine rings is 1. The van der Waals surface area contributed by atoms with Crippen LogP contribution in [0.2, 0.25) is 0 Å². The van der Waals surface area contributed by atoms with Crippen LogP contribution in [0.5, 0.6) is 0 Å². The Kier molecular flexibility index (Phi) is 5.67. The van der Waals surface area contributed by atoms with E-state index in [4.69, 9.17) is 9.97 Å². The molecule has 200 valence electrons. The Bertz CT molecular complexity index is 1600. The van der Waals surface area contributed by atoms with Crippen molar-refractivity contribution in [2.24, 2.45) is 10.8 Å². The molecule has 3 aliphatic rings. The molecule has 0 atom stereocenters. The van der Waals surface area contributed by atoms with Gasteiger partial charge in [-0.25, -0.2) is 9.97 Å². The van der Waals surface area contributed by atoms with E-state index in [0.29, 0.717) is 45.3 Å². The van der Waals surface area contributed by atoms with Crippen molar-refractivity contribution in [1.82, 2.24) is 19.4 Å². The summed E-state index contributed by atoms with van der Waals surface area (Å²) in [6.45, 7) is 4.00. The van der Waals surface area contributed by atoms with E-state index in [1.54, 1.807) is 11.3 Å². The van der Waals surface area contributed by atoms with E-state index in [9.17, 15) is 14.7 Å². The lowest BCUT2D eigenvalue weighted by Crippen LogP contribution is -2.39.